The molecule has 4 nitrogen and oxygen atoms in total. The number of aliphatic hydroxyl groups excluding tert-OH is 2. The Hall–Kier alpha value is -0.130. The lowest BCUT2D eigenvalue weighted by molar-refractivity contribution is -0.171. The molecule has 2 atom stereocenters. The highest BCUT2D eigenvalue weighted by molar-refractivity contribution is 9.09. The summed E-state index contributed by atoms with van der Waals surface area (Å²) in [4.78, 5) is 11.3. The maximum Gasteiger partial charge on any atom is 0.338 e. The van der Waals surface area contributed by atoms with Crippen molar-refractivity contribution < 1.29 is 19.7 Å². The number of hydrogen-bond donors (Lipinski definition) is 2. The maximum atomic E-state index is 11.3. The predicted molar refractivity (Wildman–Crippen MR) is 60.9 cm³/mol. The first-order valence-corrected chi connectivity index (χ1v) is 6.05. The first-order valence-electron chi connectivity index (χ1n) is 4.93. The molecule has 0 saturated heterocycles. The van der Waals surface area contributed by atoms with Crippen molar-refractivity contribution in [1.29, 1.82) is 0 Å². The number of esters is 1. The molecule has 0 amide bonds. The fraction of sp³-hybridized carbons (Fsp3) is 0.900. The minimum atomic E-state index is -1.46. The summed E-state index contributed by atoms with van der Waals surface area (Å²) in [6, 6.07) is 0. The first kappa shape index (κ1) is 14.9. The fourth-order valence-corrected chi connectivity index (χ4v) is 1.29. The number of hydrogen-bond acceptors (Lipinski definition) is 4. The Morgan fingerprint density at radius 1 is 1.40 bits per heavy atom. The van der Waals surface area contributed by atoms with Gasteiger partial charge >= 0.3 is 5.97 Å². The molecule has 0 aromatic heterocycles. The Kier molecular flexibility index (Phi) is 6.40. The van der Waals surface area contributed by atoms with Gasteiger partial charge < -0.3 is 14.9 Å². The number of carbonyl (C=O) groups is 1. The van der Waals surface area contributed by atoms with Crippen LogP contribution in [0.5, 0.6) is 0 Å². The Morgan fingerprint density at radius 3 is 2.33 bits per heavy atom. The summed E-state index contributed by atoms with van der Waals surface area (Å²) in [7, 11) is 0. The third-order valence-corrected chi connectivity index (χ3v) is 2.21. The van der Waals surface area contributed by atoms with E-state index in [0.29, 0.717) is 12.8 Å². The lowest BCUT2D eigenvalue weighted by atomic mass is 10.1. The molecule has 90 valence electrons. The van der Waals surface area contributed by atoms with Gasteiger partial charge in [-0.1, -0.05) is 15.9 Å². The lowest BCUT2D eigenvalue weighted by Crippen LogP contribution is -2.39. The second kappa shape index (κ2) is 6.45. The molecule has 0 aliphatic heterocycles. The highest BCUT2D eigenvalue weighted by Gasteiger charge is 2.28. The van der Waals surface area contributed by atoms with Crippen molar-refractivity contribution in [2.75, 3.05) is 5.33 Å². The Balaban J connectivity index is 4.08. The summed E-state index contributed by atoms with van der Waals surface area (Å²) in [6.45, 7) is 5.13. The van der Waals surface area contributed by atoms with Gasteiger partial charge in [0.25, 0.3) is 0 Å². The molecular formula is C10H19BrO4. The van der Waals surface area contributed by atoms with E-state index in [-0.39, 0.29) is 0 Å². The predicted octanol–water partition coefficient (Wildman–Crippen LogP) is 1.23. The largest absolute Gasteiger partial charge is 0.458 e. The molecule has 0 heterocycles. The van der Waals surface area contributed by atoms with Crippen LogP contribution in [0.3, 0.4) is 0 Å². The summed E-state index contributed by atoms with van der Waals surface area (Å²) < 4.78 is 4.94. The molecule has 15 heavy (non-hydrogen) atoms. The molecule has 0 saturated carbocycles. The highest BCUT2D eigenvalue weighted by atomic mass is 79.9. The molecule has 0 aliphatic rings. The van der Waals surface area contributed by atoms with Gasteiger partial charge in [0.2, 0.25) is 0 Å². The zero-order valence-electron chi connectivity index (χ0n) is 9.36. The van der Waals surface area contributed by atoms with Gasteiger partial charge in [-0.15, -0.1) is 0 Å². The Labute approximate surface area is 98.8 Å². The second-order valence-corrected chi connectivity index (χ2v) is 5.17. The van der Waals surface area contributed by atoms with E-state index >= 15 is 0 Å². The van der Waals surface area contributed by atoms with E-state index in [1.54, 1.807) is 20.8 Å². The van der Waals surface area contributed by atoms with E-state index in [1.165, 1.54) is 0 Å². The average molecular weight is 283 g/mol. The standard InChI is InChI=1S/C10H19BrO4/c1-10(2,3)15-9(14)8(13)7(12)5-4-6-11/h7-8,12-13H,4-6H2,1-3H3/t7-,8+/m0/s1. The molecule has 0 aromatic carbocycles. The molecule has 0 aromatic rings. The van der Waals surface area contributed by atoms with Crippen molar-refractivity contribution >= 4 is 21.9 Å². The number of aliphatic hydroxyl groups is 2. The van der Waals surface area contributed by atoms with E-state index in [9.17, 15) is 15.0 Å². The number of carbonyl (C=O) groups excluding carboxylic acids is 1. The van der Waals surface area contributed by atoms with Gasteiger partial charge in [0.15, 0.2) is 6.10 Å². The molecule has 0 rings (SSSR count). The van der Waals surface area contributed by atoms with Crippen molar-refractivity contribution in [3.8, 4) is 0 Å². The van der Waals surface area contributed by atoms with E-state index in [4.69, 9.17) is 4.74 Å². The van der Waals surface area contributed by atoms with Gasteiger partial charge in [-0.2, -0.15) is 0 Å². The van der Waals surface area contributed by atoms with Crippen LogP contribution in [0, 0.1) is 0 Å². The third kappa shape index (κ3) is 6.87. The molecule has 0 bridgehead atoms. The number of ether oxygens (including phenoxy) is 1. The summed E-state index contributed by atoms with van der Waals surface area (Å²) in [5, 5.41) is 19.6. The maximum absolute atomic E-state index is 11.3. The summed E-state index contributed by atoms with van der Waals surface area (Å²) >= 11 is 3.20. The molecule has 0 spiro atoms. The van der Waals surface area contributed by atoms with Crippen molar-refractivity contribution in [3.05, 3.63) is 0 Å². The molecule has 0 radical (unpaired) electrons. The highest BCUT2D eigenvalue weighted by Crippen LogP contribution is 2.12. The second-order valence-electron chi connectivity index (χ2n) is 4.38. The van der Waals surface area contributed by atoms with Crippen LogP contribution in [0.15, 0.2) is 0 Å². The topological polar surface area (TPSA) is 66.8 Å². The molecule has 5 heteroatoms. The van der Waals surface area contributed by atoms with Gasteiger partial charge in [-0.05, 0) is 33.6 Å². The summed E-state index contributed by atoms with van der Waals surface area (Å²) in [5.41, 5.74) is -0.646. The first-order chi connectivity index (χ1) is 6.78. The van der Waals surface area contributed by atoms with Gasteiger partial charge in [0.05, 0.1) is 6.10 Å². The van der Waals surface area contributed by atoms with E-state index in [0.717, 1.165) is 5.33 Å². The minimum Gasteiger partial charge on any atom is -0.458 e. The van der Waals surface area contributed by atoms with E-state index in [1.807, 2.05) is 0 Å². The normalized spacial score (nSPS) is 15.9. The lowest BCUT2D eigenvalue weighted by Gasteiger charge is -2.23. The molecular weight excluding hydrogens is 264 g/mol. The van der Waals surface area contributed by atoms with Crippen LogP contribution in [0.2, 0.25) is 0 Å². The van der Waals surface area contributed by atoms with Crippen molar-refractivity contribution in [2.24, 2.45) is 0 Å². The summed E-state index contributed by atoms with van der Waals surface area (Å²) in [5.74, 6) is -0.774. The third-order valence-electron chi connectivity index (χ3n) is 1.65. The Morgan fingerprint density at radius 2 is 1.93 bits per heavy atom. The monoisotopic (exact) mass is 282 g/mol. The SMILES string of the molecule is CC(C)(C)OC(=O)[C@H](O)[C@@H](O)CCCBr. The summed E-state index contributed by atoms with van der Waals surface area (Å²) in [6.07, 6.45) is -1.45. The van der Waals surface area contributed by atoms with Crippen molar-refractivity contribution in [3.63, 3.8) is 0 Å². The van der Waals surface area contributed by atoms with Crippen LogP contribution in [0.1, 0.15) is 33.6 Å². The zero-order valence-corrected chi connectivity index (χ0v) is 11.0. The number of alkyl halides is 1. The van der Waals surface area contributed by atoms with Gasteiger partial charge in [0.1, 0.15) is 5.60 Å². The van der Waals surface area contributed by atoms with Crippen molar-refractivity contribution in [1.82, 2.24) is 0 Å². The zero-order chi connectivity index (χ0) is 12.1. The van der Waals surface area contributed by atoms with Crippen LogP contribution < -0.4 is 0 Å². The van der Waals surface area contributed by atoms with Crippen LogP contribution in [0.25, 0.3) is 0 Å². The number of halogens is 1. The van der Waals surface area contributed by atoms with E-state index in [2.05, 4.69) is 15.9 Å². The quantitative estimate of drug-likeness (QED) is 0.588. The molecule has 0 unspecified atom stereocenters. The molecule has 0 aliphatic carbocycles. The number of rotatable bonds is 5. The van der Waals surface area contributed by atoms with Crippen LogP contribution >= 0.6 is 15.9 Å². The van der Waals surface area contributed by atoms with Crippen molar-refractivity contribution in [2.45, 2.75) is 51.4 Å². The molecule has 0 fully saturated rings. The Bertz CT molecular complexity index is 200. The van der Waals surface area contributed by atoms with E-state index < -0.39 is 23.8 Å². The van der Waals surface area contributed by atoms with Crippen LogP contribution in [-0.4, -0.2) is 39.3 Å². The van der Waals surface area contributed by atoms with Gasteiger partial charge in [-0.3, -0.25) is 0 Å². The van der Waals surface area contributed by atoms with Crippen LogP contribution in [-0.2, 0) is 9.53 Å². The average Bonchev–Trinajstić information content (AvgIpc) is 2.10. The fourth-order valence-electron chi connectivity index (χ4n) is 0.963. The van der Waals surface area contributed by atoms with Gasteiger partial charge in [0, 0.05) is 5.33 Å². The van der Waals surface area contributed by atoms with Crippen LogP contribution in [0.4, 0.5) is 0 Å². The minimum absolute atomic E-state index is 0.367. The molecule has 2 N–H and O–H groups in total. The van der Waals surface area contributed by atoms with Gasteiger partial charge in [-0.25, -0.2) is 4.79 Å². The smallest absolute Gasteiger partial charge is 0.338 e.